The molecular weight excluding hydrogens is 219 g/mol. The van der Waals surface area contributed by atoms with Gasteiger partial charge in [-0.1, -0.05) is 17.7 Å². The molecule has 0 saturated heterocycles. The Morgan fingerprint density at radius 2 is 2.13 bits per heavy atom. The van der Waals surface area contributed by atoms with Gasteiger partial charge in [-0.2, -0.15) is 0 Å². The van der Waals surface area contributed by atoms with Crippen LogP contribution in [-0.4, -0.2) is 16.5 Å². The molecule has 15 heavy (non-hydrogen) atoms. The summed E-state index contributed by atoms with van der Waals surface area (Å²) in [5, 5.41) is 9.42. The Labute approximate surface area is 92.7 Å². The third-order valence-corrected chi connectivity index (χ3v) is 2.34. The van der Waals surface area contributed by atoms with Crippen LogP contribution < -0.4 is 0 Å². The van der Waals surface area contributed by atoms with E-state index in [-0.39, 0.29) is 17.2 Å². The first kappa shape index (κ1) is 12.1. The van der Waals surface area contributed by atoms with E-state index in [1.54, 1.807) is 6.07 Å². The number of hydrogen-bond donors (Lipinski definition) is 1. The second kappa shape index (κ2) is 4.29. The summed E-state index contributed by atoms with van der Waals surface area (Å²) in [5.41, 5.74) is -0.889. The van der Waals surface area contributed by atoms with Gasteiger partial charge in [0.05, 0.1) is 5.02 Å². The van der Waals surface area contributed by atoms with Crippen molar-refractivity contribution in [3.8, 4) is 0 Å². The molecular formula is C11H12ClFO2. The molecule has 0 spiro atoms. The average Bonchev–Trinajstić information content (AvgIpc) is 2.10. The Kier molecular flexibility index (Phi) is 3.47. The van der Waals surface area contributed by atoms with Crippen molar-refractivity contribution in [3.63, 3.8) is 0 Å². The lowest BCUT2D eigenvalue weighted by Gasteiger charge is -2.15. The lowest BCUT2D eigenvalue weighted by atomic mass is 9.97. The summed E-state index contributed by atoms with van der Waals surface area (Å²) in [7, 11) is 0. The van der Waals surface area contributed by atoms with Crippen LogP contribution in [0.1, 0.15) is 19.4 Å². The van der Waals surface area contributed by atoms with E-state index in [0.29, 0.717) is 5.56 Å². The Balaban J connectivity index is 2.83. The van der Waals surface area contributed by atoms with Gasteiger partial charge in [0.1, 0.15) is 11.4 Å². The molecule has 82 valence electrons. The zero-order chi connectivity index (χ0) is 11.6. The standard InChI is InChI=1S/C11H12ClFO2/c1-11(2,15)10(14)6-7-3-4-8(12)9(13)5-7/h3-5,15H,6H2,1-2H3. The predicted octanol–water partition coefficient (Wildman–Crippen LogP) is 2.36. The van der Waals surface area contributed by atoms with E-state index in [2.05, 4.69) is 0 Å². The van der Waals surface area contributed by atoms with Crippen molar-refractivity contribution in [1.29, 1.82) is 0 Å². The Bertz CT molecular complexity index is 383. The molecule has 0 aliphatic carbocycles. The van der Waals surface area contributed by atoms with E-state index in [4.69, 9.17) is 11.6 Å². The van der Waals surface area contributed by atoms with Gasteiger partial charge in [-0.25, -0.2) is 4.39 Å². The molecule has 0 unspecified atom stereocenters. The van der Waals surface area contributed by atoms with Gasteiger partial charge in [0.15, 0.2) is 5.78 Å². The Morgan fingerprint density at radius 3 is 2.60 bits per heavy atom. The zero-order valence-electron chi connectivity index (χ0n) is 8.55. The zero-order valence-corrected chi connectivity index (χ0v) is 9.31. The summed E-state index contributed by atoms with van der Waals surface area (Å²) in [4.78, 5) is 11.4. The largest absolute Gasteiger partial charge is 0.383 e. The monoisotopic (exact) mass is 230 g/mol. The summed E-state index contributed by atoms with van der Waals surface area (Å²) >= 11 is 5.50. The van der Waals surface area contributed by atoms with Crippen LogP contribution in [0.5, 0.6) is 0 Å². The number of benzene rings is 1. The number of carbonyl (C=O) groups is 1. The van der Waals surface area contributed by atoms with Gasteiger partial charge in [-0.05, 0) is 31.5 Å². The van der Waals surface area contributed by atoms with Crippen LogP contribution in [0.3, 0.4) is 0 Å². The van der Waals surface area contributed by atoms with Crippen molar-refractivity contribution in [3.05, 3.63) is 34.6 Å². The minimum absolute atomic E-state index is 0.00239. The van der Waals surface area contributed by atoms with Crippen molar-refractivity contribution in [1.82, 2.24) is 0 Å². The van der Waals surface area contributed by atoms with E-state index < -0.39 is 11.4 Å². The minimum atomic E-state index is -1.39. The van der Waals surface area contributed by atoms with E-state index in [9.17, 15) is 14.3 Å². The third kappa shape index (κ3) is 3.29. The summed E-state index contributed by atoms with van der Waals surface area (Å²) in [6.07, 6.45) is -0.00239. The minimum Gasteiger partial charge on any atom is -0.383 e. The van der Waals surface area contributed by atoms with Gasteiger partial charge < -0.3 is 5.11 Å². The van der Waals surface area contributed by atoms with Crippen molar-refractivity contribution in [2.75, 3.05) is 0 Å². The highest BCUT2D eigenvalue weighted by Gasteiger charge is 2.23. The van der Waals surface area contributed by atoms with Gasteiger partial charge in [0.2, 0.25) is 0 Å². The first-order valence-corrected chi connectivity index (χ1v) is 4.88. The van der Waals surface area contributed by atoms with Crippen molar-refractivity contribution >= 4 is 17.4 Å². The highest BCUT2D eigenvalue weighted by molar-refractivity contribution is 6.30. The molecule has 0 radical (unpaired) electrons. The maximum atomic E-state index is 13.0. The van der Waals surface area contributed by atoms with Crippen LogP contribution >= 0.6 is 11.6 Å². The fraction of sp³-hybridized carbons (Fsp3) is 0.364. The number of carbonyl (C=O) groups excluding carboxylic acids is 1. The molecule has 0 heterocycles. The van der Waals surface area contributed by atoms with Crippen LogP contribution in [0.4, 0.5) is 4.39 Å². The van der Waals surface area contributed by atoms with Crippen molar-refractivity contribution in [2.45, 2.75) is 25.9 Å². The topological polar surface area (TPSA) is 37.3 Å². The van der Waals surface area contributed by atoms with Crippen LogP contribution in [0.25, 0.3) is 0 Å². The lowest BCUT2D eigenvalue weighted by molar-refractivity contribution is -0.133. The number of ketones is 1. The summed E-state index contributed by atoms with van der Waals surface area (Å²) in [6.45, 7) is 2.81. The molecule has 0 bridgehead atoms. The van der Waals surface area contributed by atoms with Gasteiger partial charge in [0.25, 0.3) is 0 Å². The smallest absolute Gasteiger partial charge is 0.168 e. The van der Waals surface area contributed by atoms with E-state index in [1.807, 2.05) is 0 Å². The van der Waals surface area contributed by atoms with Gasteiger partial charge in [-0.3, -0.25) is 4.79 Å². The Morgan fingerprint density at radius 1 is 1.53 bits per heavy atom. The normalized spacial score (nSPS) is 11.5. The molecule has 1 rings (SSSR count). The summed E-state index contributed by atoms with van der Waals surface area (Å²) in [6, 6.07) is 4.16. The SMILES string of the molecule is CC(C)(O)C(=O)Cc1ccc(Cl)c(F)c1. The average molecular weight is 231 g/mol. The fourth-order valence-electron chi connectivity index (χ4n) is 1.05. The van der Waals surface area contributed by atoms with Gasteiger partial charge >= 0.3 is 0 Å². The highest BCUT2D eigenvalue weighted by Crippen LogP contribution is 2.17. The number of halogens is 2. The number of hydrogen-bond acceptors (Lipinski definition) is 2. The van der Waals surface area contributed by atoms with Crippen molar-refractivity contribution in [2.24, 2.45) is 0 Å². The summed E-state index contributed by atoms with van der Waals surface area (Å²) < 4.78 is 13.0. The Hall–Kier alpha value is -0.930. The van der Waals surface area contributed by atoms with Crippen LogP contribution in [0.2, 0.25) is 5.02 Å². The maximum Gasteiger partial charge on any atom is 0.168 e. The molecule has 0 aliphatic rings. The molecule has 0 atom stereocenters. The predicted molar refractivity (Wildman–Crippen MR) is 56.4 cm³/mol. The van der Waals surface area contributed by atoms with Gasteiger partial charge in [0, 0.05) is 6.42 Å². The maximum absolute atomic E-state index is 13.0. The quantitative estimate of drug-likeness (QED) is 0.866. The second-order valence-corrected chi connectivity index (χ2v) is 4.31. The summed E-state index contributed by atoms with van der Waals surface area (Å²) in [5.74, 6) is -0.915. The molecule has 1 aromatic rings. The highest BCUT2D eigenvalue weighted by atomic mass is 35.5. The first-order chi connectivity index (χ1) is 6.80. The fourth-order valence-corrected chi connectivity index (χ4v) is 1.17. The molecule has 1 aromatic carbocycles. The molecule has 2 nitrogen and oxygen atoms in total. The lowest BCUT2D eigenvalue weighted by Crippen LogP contribution is -2.32. The number of aliphatic hydroxyl groups is 1. The van der Waals surface area contributed by atoms with Crippen molar-refractivity contribution < 1.29 is 14.3 Å². The molecule has 1 N–H and O–H groups in total. The molecule has 0 amide bonds. The van der Waals surface area contributed by atoms with E-state index in [0.717, 1.165) is 0 Å². The molecule has 4 heteroatoms. The number of Topliss-reactive ketones (excluding diaryl/α,β-unsaturated/α-hetero) is 1. The molecule has 0 saturated carbocycles. The molecule has 0 aromatic heterocycles. The molecule has 0 aliphatic heterocycles. The number of rotatable bonds is 3. The van der Waals surface area contributed by atoms with E-state index >= 15 is 0 Å². The van der Waals surface area contributed by atoms with Crippen LogP contribution in [0.15, 0.2) is 18.2 Å². The second-order valence-electron chi connectivity index (χ2n) is 3.91. The molecule has 0 fully saturated rings. The van der Waals surface area contributed by atoms with Gasteiger partial charge in [-0.15, -0.1) is 0 Å². The van der Waals surface area contributed by atoms with E-state index in [1.165, 1.54) is 26.0 Å². The van der Waals surface area contributed by atoms with Crippen LogP contribution in [0, 0.1) is 5.82 Å². The third-order valence-electron chi connectivity index (χ3n) is 2.03. The van der Waals surface area contributed by atoms with Crippen LogP contribution in [-0.2, 0) is 11.2 Å². The first-order valence-electron chi connectivity index (χ1n) is 4.50.